The number of rotatable bonds is 2. The number of carbonyl (C=O) groups excluding carboxylic acids is 1. The summed E-state index contributed by atoms with van der Waals surface area (Å²) in [7, 11) is 0. The smallest absolute Gasteiger partial charge is 0.240 e. The number of fused-ring (bicyclic) bond motifs is 1. The molecule has 2 aromatic carbocycles. The summed E-state index contributed by atoms with van der Waals surface area (Å²) in [5, 5.41) is 8.80. The third-order valence-corrected chi connectivity index (χ3v) is 6.71. The highest BCUT2D eigenvalue weighted by molar-refractivity contribution is 8.39. The van der Waals surface area contributed by atoms with E-state index in [1.165, 1.54) is 5.56 Å². The summed E-state index contributed by atoms with van der Waals surface area (Å²) in [5.41, 5.74) is 3.72. The first-order chi connectivity index (χ1) is 12.2. The van der Waals surface area contributed by atoms with Crippen molar-refractivity contribution in [1.29, 1.82) is 5.26 Å². The minimum atomic E-state index is -0.0906. The van der Waals surface area contributed by atoms with E-state index in [1.54, 1.807) is 40.6 Å². The highest BCUT2D eigenvalue weighted by Gasteiger charge is 2.34. The van der Waals surface area contributed by atoms with Gasteiger partial charge in [0.2, 0.25) is 5.91 Å². The van der Waals surface area contributed by atoms with Crippen molar-refractivity contribution in [3.05, 3.63) is 59.7 Å². The maximum Gasteiger partial charge on any atom is 0.240 e. The monoisotopic (exact) mass is 365 g/mol. The zero-order valence-corrected chi connectivity index (χ0v) is 15.0. The number of hydrogen-bond acceptors (Lipinski definition) is 5. The fraction of sp³-hybridized carbons (Fsp3) is 0.211. The minimum absolute atomic E-state index is 0.0906. The van der Waals surface area contributed by atoms with E-state index >= 15 is 0 Å². The molecule has 1 saturated heterocycles. The standard InChI is InChI=1S/C19H15N3OS2/c20-11-13-5-7-15(8-6-13)22-10-9-17(18(22)23)25-19-21-16-4-2-1-3-14(16)12-24-19/h1-8,17H,9-10,12H2. The van der Waals surface area contributed by atoms with Gasteiger partial charge in [0, 0.05) is 18.0 Å². The van der Waals surface area contributed by atoms with E-state index in [0.717, 1.165) is 27.9 Å². The molecule has 0 bridgehead atoms. The number of aliphatic imine (C=N–C) groups is 1. The Kier molecular flexibility index (Phi) is 4.51. The zero-order valence-electron chi connectivity index (χ0n) is 13.4. The molecule has 1 unspecified atom stereocenters. The van der Waals surface area contributed by atoms with Gasteiger partial charge >= 0.3 is 0 Å². The number of thioether (sulfide) groups is 2. The average Bonchev–Trinajstić information content (AvgIpc) is 3.02. The van der Waals surface area contributed by atoms with Gasteiger partial charge in [-0.05, 0) is 42.3 Å². The van der Waals surface area contributed by atoms with E-state index in [-0.39, 0.29) is 11.2 Å². The molecule has 0 aliphatic carbocycles. The molecule has 4 nitrogen and oxygen atoms in total. The van der Waals surface area contributed by atoms with Crippen LogP contribution in [0.4, 0.5) is 11.4 Å². The van der Waals surface area contributed by atoms with Gasteiger partial charge < -0.3 is 4.90 Å². The molecule has 2 heterocycles. The molecule has 2 aromatic rings. The van der Waals surface area contributed by atoms with Crippen LogP contribution in [0.25, 0.3) is 0 Å². The van der Waals surface area contributed by atoms with Gasteiger partial charge in [0.25, 0.3) is 0 Å². The van der Waals surface area contributed by atoms with Crippen molar-refractivity contribution in [1.82, 2.24) is 0 Å². The molecule has 0 N–H and O–H groups in total. The SMILES string of the molecule is N#Cc1ccc(N2CCC(SC3=Nc4ccccc4CS3)C2=O)cc1. The zero-order chi connectivity index (χ0) is 17.2. The number of amides is 1. The van der Waals surface area contributed by atoms with E-state index in [2.05, 4.69) is 12.1 Å². The van der Waals surface area contributed by atoms with Gasteiger partial charge in [-0.25, -0.2) is 4.99 Å². The minimum Gasteiger partial charge on any atom is -0.311 e. The van der Waals surface area contributed by atoms with E-state index < -0.39 is 0 Å². The molecule has 0 radical (unpaired) electrons. The topological polar surface area (TPSA) is 56.5 Å². The van der Waals surface area contributed by atoms with Crippen LogP contribution in [-0.2, 0) is 10.5 Å². The maximum absolute atomic E-state index is 12.8. The molecule has 2 aliphatic rings. The molecular weight excluding hydrogens is 350 g/mol. The number of benzene rings is 2. The summed E-state index contributed by atoms with van der Waals surface area (Å²) < 4.78 is 0.971. The lowest BCUT2D eigenvalue weighted by molar-refractivity contribution is -0.116. The van der Waals surface area contributed by atoms with E-state index in [1.807, 2.05) is 30.3 Å². The third-order valence-electron chi connectivity index (χ3n) is 4.26. The summed E-state index contributed by atoms with van der Waals surface area (Å²) >= 11 is 3.28. The Bertz CT molecular complexity index is 886. The van der Waals surface area contributed by atoms with Crippen LogP contribution < -0.4 is 4.90 Å². The van der Waals surface area contributed by atoms with Gasteiger partial charge in [0.1, 0.15) is 4.38 Å². The number of hydrogen-bond donors (Lipinski definition) is 0. The first kappa shape index (κ1) is 16.2. The van der Waals surface area contributed by atoms with Gasteiger partial charge in [-0.1, -0.05) is 41.7 Å². The molecular formula is C19H15N3OS2. The van der Waals surface area contributed by atoms with E-state index in [0.29, 0.717) is 12.1 Å². The average molecular weight is 365 g/mol. The highest BCUT2D eigenvalue weighted by atomic mass is 32.2. The molecule has 0 spiro atoms. The van der Waals surface area contributed by atoms with Crippen molar-refractivity contribution in [3.63, 3.8) is 0 Å². The van der Waals surface area contributed by atoms with Crippen LogP contribution in [0, 0.1) is 11.3 Å². The molecule has 25 heavy (non-hydrogen) atoms. The van der Waals surface area contributed by atoms with Crippen LogP contribution in [0.2, 0.25) is 0 Å². The van der Waals surface area contributed by atoms with Crippen molar-refractivity contribution in [3.8, 4) is 6.07 Å². The second-order valence-electron chi connectivity index (χ2n) is 5.84. The fourth-order valence-electron chi connectivity index (χ4n) is 2.93. The van der Waals surface area contributed by atoms with Gasteiger partial charge in [-0.15, -0.1) is 0 Å². The Morgan fingerprint density at radius 3 is 2.80 bits per heavy atom. The summed E-state index contributed by atoms with van der Waals surface area (Å²) in [6.07, 6.45) is 0.810. The van der Waals surface area contributed by atoms with Crippen LogP contribution in [0.15, 0.2) is 53.5 Å². The van der Waals surface area contributed by atoms with Crippen LogP contribution in [-0.4, -0.2) is 22.1 Å². The van der Waals surface area contributed by atoms with Crippen LogP contribution in [0.3, 0.4) is 0 Å². The first-order valence-corrected chi connectivity index (χ1v) is 9.89. The molecule has 1 amide bonds. The summed E-state index contributed by atoms with van der Waals surface area (Å²) in [4.78, 5) is 19.3. The van der Waals surface area contributed by atoms with E-state index in [9.17, 15) is 4.79 Å². The van der Waals surface area contributed by atoms with Crippen molar-refractivity contribution in [2.75, 3.05) is 11.4 Å². The Morgan fingerprint density at radius 2 is 2.00 bits per heavy atom. The Balaban J connectivity index is 1.47. The Hall–Kier alpha value is -2.23. The van der Waals surface area contributed by atoms with Crippen molar-refractivity contribution in [2.24, 2.45) is 4.99 Å². The third kappa shape index (κ3) is 3.30. The second kappa shape index (κ2) is 6.95. The largest absolute Gasteiger partial charge is 0.311 e. The fourth-order valence-corrected chi connectivity index (χ4v) is 5.26. The number of nitrogens with zero attached hydrogens (tertiary/aromatic N) is 3. The van der Waals surface area contributed by atoms with Crippen molar-refractivity contribution >= 4 is 45.2 Å². The number of carbonyl (C=O) groups is 1. The number of nitriles is 1. The molecule has 6 heteroatoms. The molecule has 0 saturated carbocycles. The van der Waals surface area contributed by atoms with Crippen LogP contribution in [0.1, 0.15) is 17.5 Å². The van der Waals surface area contributed by atoms with Gasteiger partial charge in [0.05, 0.1) is 22.6 Å². The normalized spacial score (nSPS) is 19.3. The van der Waals surface area contributed by atoms with Crippen molar-refractivity contribution < 1.29 is 4.79 Å². The molecule has 2 aliphatic heterocycles. The Labute approximate surface area is 154 Å². The lowest BCUT2D eigenvalue weighted by atomic mass is 10.2. The molecule has 1 fully saturated rings. The second-order valence-corrected chi connectivity index (χ2v) is 8.25. The molecule has 0 aromatic heterocycles. The molecule has 4 rings (SSSR count). The number of anilines is 1. The van der Waals surface area contributed by atoms with Gasteiger partial charge in [0.15, 0.2) is 0 Å². The molecule has 1 atom stereocenters. The van der Waals surface area contributed by atoms with Crippen LogP contribution >= 0.6 is 23.5 Å². The highest BCUT2D eigenvalue weighted by Crippen LogP contribution is 2.38. The summed E-state index contributed by atoms with van der Waals surface area (Å²) in [6, 6.07) is 17.4. The quantitative estimate of drug-likeness (QED) is 0.795. The predicted molar refractivity (Wildman–Crippen MR) is 104 cm³/mol. The lowest BCUT2D eigenvalue weighted by Gasteiger charge is -2.18. The van der Waals surface area contributed by atoms with Gasteiger partial charge in [-0.2, -0.15) is 5.26 Å². The van der Waals surface area contributed by atoms with Gasteiger partial charge in [-0.3, -0.25) is 4.79 Å². The lowest BCUT2D eigenvalue weighted by Crippen LogP contribution is -2.28. The van der Waals surface area contributed by atoms with Crippen molar-refractivity contribution in [2.45, 2.75) is 17.4 Å². The van der Waals surface area contributed by atoms with E-state index in [4.69, 9.17) is 10.3 Å². The predicted octanol–water partition coefficient (Wildman–Crippen LogP) is 4.33. The maximum atomic E-state index is 12.8. The summed E-state index contributed by atoms with van der Waals surface area (Å²) in [5.74, 6) is 1.03. The van der Waals surface area contributed by atoms with Crippen LogP contribution in [0.5, 0.6) is 0 Å². The first-order valence-electron chi connectivity index (χ1n) is 8.02. The molecule has 124 valence electrons. The summed E-state index contributed by atoms with van der Waals surface area (Å²) in [6.45, 7) is 0.705. The number of para-hydroxylation sites is 1. The Morgan fingerprint density at radius 1 is 1.20 bits per heavy atom.